The number of hydrogen-bond acceptors (Lipinski definition) is 4. The Morgan fingerprint density at radius 1 is 0.941 bits per heavy atom. The molecule has 1 aliphatic rings. The van der Waals surface area contributed by atoms with E-state index in [1.54, 1.807) is 4.90 Å². The van der Waals surface area contributed by atoms with Crippen molar-refractivity contribution in [3.05, 3.63) is 104 Å². The molecule has 0 spiro atoms. The molecule has 0 bridgehead atoms. The number of ether oxygens (including phenoxy) is 1. The minimum Gasteiger partial charge on any atom is -0.494 e. The molecule has 5 heteroatoms. The summed E-state index contributed by atoms with van der Waals surface area (Å²) in [4.78, 5) is 29.2. The Balaban J connectivity index is 1.77. The molecule has 3 aromatic carbocycles. The van der Waals surface area contributed by atoms with Crippen LogP contribution in [-0.2, 0) is 0 Å². The van der Waals surface area contributed by atoms with E-state index >= 15 is 0 Å². The van der Waals surface area contributed by atoms with Gasteiger partial charge >= 0.3 is 0 Å². The molecule has 1 unspecified atom stereocenters. The average molecular weight is 454 g/mol. The van der Waals surface area contributed by atoms with Crippen molar-refractivity contribution in [1.82, 2.24) is 0 Å². The average Bonchev–Trinajstić information content (AvgIpc) is 3.12. The van der Waals surface area contributed by atoms with Crippen molar-refractivity contribution in [2.75, 3.05) is 11.5 Å². The van der Waals surface area contributed by atoms with Gasteiger partial charge in [0.15, 0.2) is 5.43 Å². The fourth-order valence-corrected chi connectivity index (χ4v) is 4.51. The highest BCUT2D eigenvalue weighted by Gasteiger charge is 2.43. The summed E-state index contributed by atoms with van der Waals surface area (Å²) in [6.45, 7) is 8.58. The monoisotopic (exact) mass is 453 g/mol. The van der Waals surface area contributed by atoms with Crippen molar-refractivity contribution in [3.8, 4) is 5.75 Å². The van der Waals surface area contributed by atoms with Crippen LogP contribution in [0.1, 0.15) is 57.8 Å². The van der Waals surface area contributed by atoms with Gasteiger partial charge in [-0.15, -0.1) is 0 Å². The number of fused-ring (bicyclic) bond motifs is 2. The molecule has 2 heterocycles. The first kappa shape index (κ1) is 22.0. The smallest absolute Gasteiger partial charge is 0.295 e. The summed E-state index contributed by atoms with van der Waals surface area (Å²) < 4.78 is 12.0. The molecule has 0 saturated heterocycles. The molecular formula is C29H27NO4. The highest BCUT2D eigenvalue weighted by molar-refractivity contribution is 6.10. The SMILES string of the molecule is CCCOc1cccc(C2c3c(oc4cc(C)c(C)cc4c3=O)C(=O)N2c2ccc(C)cc2)c1. The van der Waals surface area contributed by atoms with Crippen LogP contribution in [0.3, 0.4) is 0 Å². The predicted molar refractivity (Wildman–Crippen MR) is 134 cm³/mol. The van der Waals surface area contributed by atoms with Crippen molar-refractivity contribution >= 4 is 22.6 Å². The first-order valence-electron chi connectivity index (χ1n) is 11.6. The normalized spacial score (nSPS) is 15.1. The van der Waals surface area contributed by atoms with E-state index in [0.717, 1.165) is 28.7 Å². The molecule has 34 heavy (non-hydrogen) atoms. The van der Waals surface area contributed by atoms with Crippen LogP contribution in [0, 0.1) is 20.8 Å². The third kappa shape index (κ3) is 3.58. The van der Waals surface area contributed by atoms with Crippen molar-refractivity contribution in [1.29, 1.82) is 0 Å². The highest BCUT2D eigenvalue weighted by atomic mass is 16.5. The first-order chi connectivity index (χ1) is 16.4. The number of nitrogens with zero attached hydrogens (tertiary/aromatic N) is 1. The quantitative estimate of drug-likeness (QED) is 0.358. The molecule has 1 aromatic heterocycles. The van der Waals surface area contributed by atoms with Crippen LogP contribution < -0.4 is 15.1 Å². The summed E-state index contributed by atoms with van der Waals surface area (Å²) in [5, 5.41) is 0.490. The zero-order chi connectivity index (χ0) is 24.0. The lowest BCUT2D eigenvalue weighted by Crippen LogP contribution is -2.29. The lowest BCUT2D eigenvalue weighted by Gasteiger charge is -2.25. The van der Waals surface area contributed by atoms with E-state index in [1.807, 2.05) is 81.4 Å². The van der Waals surface area contributed by atoms with Gasteiger partial charge in [-0.3, -0.25) is 14.5 Å². The molecule has 0 radical (unpaired) electrons. The summed E-state index contributed by atoms with van der Waals surface area (Å²) in [5.74, 6) is 0.493. The van der Waals surface area contributed by atoms with E-state index in [4.69, 9.17) is 9.15 Å². The third-order valence-electron chi connectivity index (χ3n) is 6.45. The standard InChI is InChI=1S/C29H27NO4/c1-5-13-33-22-8-6-7-20(16-22)26-25-27(31)23-14-18(3)19(4)15-24(23)34-28(25)29(32)30(26)21-11-9-17(2)10-12-21/h6-12,14-16,26H,5,13H2,1-4H3. The topological polar surface area (TPSA) is 59.8 Å². The number of rotatable bonds is 5. The first-order valence-corrected chi connectivity index (χ1v) is 11.6. The Labute approximate surface area is 198 Å². The molecule has 0 saturated carbocycles. The van der Waals surface area contributed by atoms with Crippen LogP contribution in [0.25, 0.3) is 11.0 Å². The van der Waals surface area contributed by atoms with Crippen LogP contribution in [-0.4, -0.2) is 12.5 Å². The van der Waals surface area contributed by atoms with Crippen LogP contribution in [0.2, 0.25) is 0 Å². The molecule has 5 nitrogen and oxygen atoms in total. The van der Waals surface area contributed by atoms with Crippen LogP contribution in [0.15, 0.2) is 69.9 Å². The molecule has 1 atom stereocenters. The van der Waals surface area contributed by atoms with E-state index in [1.165, 1.54) is 0 Å². The minimum atomic E-state index is -0.613. The Morgan fingerprint density at radius 3 is 2.41 bits per heavy atom. The summed E-state index contributed by atoms with van der Waals surface area (Å²) in [6.07, 6.45) is 0.888. The summed E-state index contributed by atoms with van der Waals surface area (Å²) in [6, 6.07) is 18.4. The van der Waals surface area contributed by atoms with E-state index in [9.17, 15) is 9.59 Å². The van der Waals surface area contributed by atoms with Crippen molar-refractivity contribution < 1.29 is 13.9 Å². The second-order valence-electron chi connectivity index (χ2n) is 8.94. The molecule has 1 aliphatic heterocycles. The molecule has 0 fully saturated rings. The summed E-state index contributed by atoms with van der Waals surface area (Å²) >= 11 is 0. The number of aryl methyl sites for hydroxylation is 3. The molecule has 5 rings (SSSR count). The maximum Gasteiger partial charge on any atom is 0.295 e. The lowest BCUT2D eigenvalue weighted by molar-refractivity contribution is 0.0971. The van der Waals surface area contributed by atoms with Gasteiger partial charge in [0.25, 0.3) is 5.91 Å². The van der Waals surface area contributed by atoms with Crippen molar-refractivity contribution in [3.63, 3.8) is 0 Å². The van der Waals surface area contributed by atoms with Gasteiger partial charge in [-0.25, -0.2) is 0 Å². The van der Waals surface area contributed by atoms with Crippen LogP contribution in [0.5, 0.6) is 5.75 Å². The number of hydrogen-bond donors (Lipinski definition) is 0. The number of amides is 1. The van der Waals surface area contributed by atoms with E-state index in [-0.39, 0.29) is 17.1 Å². The van der Waals surface area contributed by atoms with Gasteiger partial charge in [0.05, 0.1) is 23.6 Å². The molecule has 4 aromatic rings. The van der Waals surface area contributed by atoms with Gasteiger partial charge in [0, 0.05) is 5.69 Å². The highest BCUT2D eigenvalue weighted by Crippen LogP contribution is 2.42. The van der Waals surface area contributed by atoms with E-state index in [0.29, 0.717) is 34.6 Å². The predicted octanol–water partition coefficient (Wildman–Crippen LogP) is 6.26. The largest absolute Gasteiger partial charge is 0.494 e. The van der Waals surface area contributed by atoms with Crippen molar-refractivity contribution in [2.45, 2.75) is 40.2 Å². The van der Waals surface area contributed by atoms with Crippen LogP contribution in [0.4, 0.5) is 5.69 Å². The second-order valence-corrected chi connectivity index (χ2v) is 8.94. The molecule has 0 N–H and O–H groups in total. The van der Waals surface area contributed by atoms with Crippen molar-refractivity contribution in [2.24, 2.45) is 0 Å². The van der Waals surface area contributed by atoms with Gasteiger partial charge < -0.3 is 9.15 Å². The number of carbonyl (C=O) groups is 1. The zero-order valence-electron chi connectivity index (χ0n) is 19.8. The number of benzene rings is 3. The van der Waals surface area contributed by atoms with Gasteiger partial charge in [-0.05, 0) is 80.3 Å². The summed E-state index contributed by atoms with van der Waals surface area (Å²) in [5.41, 5.74) is 5.25. The number of carbonyl (C=O) groups excluding carboxylic acids is 1. The molecule has 172 valence electrons. The fraction of sp³-hybridized carbons (Fsp3) is 0.241. The molecule has 1 amide bonds. The number of anilines is 1. The van der Waals surface area contributed by atoms with Gasteiger partial charge in [-0.2, -0.15) is 0 Å². The Kier molecular flexibility index (Phi) is 5.48. The fourth-order valence-electron chi connectivity index (χ4n) is 4.51. The van der Waals surface area contributed by atoms with Gasteiger partial charge in [0.1, 0.15) is 11.3 Å². The Bertz CT molecular complexity index is 1470. The van der Waals surface area contributed by atoms with Crippen LogP contribution >= 0.6 is 0 Å². The minimum absolute atomic E-state index is 0.103. The Morgan fingerprint density at radius 2 is 1.68 bits per heavy atom. The van der Waals surface area contributed by atoms with E-state index in [2.05, 4.69) is 6.92 Å². The second kappa shape index (κ2) is 8.49. The third-order valence-corrected chi connectivity index (χ3v) is 6.45. The molecular weight excluding hydrogens is 426 g/mol. The maximum absolute atomic E-state index is 13.8. The lowest BCUT2D eigenvalue weighted by atomic mass is 9.97. The van der Waals surface area contributed by atoms with Gasteiger partial charge in [-0.1, -0.05) is 36.8 Å². The Hall–Kier alpha value is -3.86. The molecule has 0 aliphatic carbocycles. The van der Waals surface area contributed by atoms with E-state index < -0.39 is 6.04 Å². The zero-order valence-corrected chi connectivity index (χ0v) is 19.8. The van der Waals surface area contributed by atoms with Gasteiger partial charge in [0.2, 0.25) is 5.76 Å². The summed E-state index contributed by atoms with van der Waals surface area (Å²) in [7, 11) is 0. The maximum atomic E-state index is 13.8.